The Hall–Kier alpha value is -5.66. The molecule has 1 heterocycles. The van der Waals surface area contributed by atoms with Crippen LogP contribution in [0, 0.1) is 13.8 Å². The van der Waals surface area contributed by atoms with Crippen LogP contribution in [0.2, 0.25) is 0 Å². The summed E-state index contributed by atoms with van der Waals surface area (Å²) in [5.74, 6) is 2.47. The zero-order valence-electron chi connectivity index (χ0n) is 36.1. The average molecular weight is 905 g/mol. The molecule has 0 amide bonds. The van der Waals surface area contributed by atoms with Crippen molar-refractivity contribution in [2.45, 2.75) is 28.5 Å². The van der Waals surface area contributed by atoms with E-state index in [1.165, 1.54) is 15.9 Å². The quantitative estimate of drug-likeness (QED) is 0.0270. The number of para-hydroxylation sites is 2. The molecule has 8 rings (SSSR count). The van der Waals surface area contributed by atoms with E-state index in [9.17, 15) is 13.0 Å². The lowest BCUT2D eigenvalue weighted by atomic mass is 9.93. The van der Waals surface area contributed by atoms with Gasteiger partial charge < -0.3 is 24.5 Å². The fourth-order valence-electron chi connectivity index (χ4n) is 8.04. The topological polar surface area (TPSA) is 101 Å². The molecule has 2 aliphatic rings. The molecule has 0 unspecified atom stereocenters. The lowest BCUT2D eigenvalue weighted by Crippen LogP contribution is -2.33. The van der Waals surface area contributed by atoms with Gasteiger partial charge in [-0.3, -0.25) is 0 Å². The van der Waals surface area contributed by atoms with Gasteiger partial charge in [0.1, 0.15) is 21.5 Å². The Morgan fingerprint density at radius 1 is 0.625 bits per heavy atom. The smallest absolute Gasteiger partial charge is 0.209 e. The Bertz CT molecular complexity index is 2980. The first-order chi connectivity index (χ1) is 31.2. The average Bonchev–Trinajstić information content (AvgIpc) is 3.31. The lowest BCUT2D eigenvalue weighted by molar-refractivity contribution is 0.463. The summed E-state index contributed by atoms with van der Waals surface area (Å²) in [5, 5.41) is 8.91. The third kappa shape index (κ3) is 11.0. The van der Waals surface area contributed by atoms with E-state index in [0.29, 0.717) is 46.5 Å². The Balaban J connectivity index is 1.19. The standard InChI is InChI=1S/C53H52N4O4S3/c1-39-15-9-12-22-48(39)56(33-29-54-31-35-62-43-17-5-3-6-18-43)41-25-27-45-50(37-41)61-51-38-42(26-28-46(51)53(45)47-21-11-14-24-52(47)64(58,59)60)57(49-23-13-10-16-40(49)2)34-30-55-32-36-63-44-19-7-4-8-20-44/h3-28,37-38,54-55H,29-36H2,1-2H3. The summed E-state index contributed by atoms with van der Waals surface area (Å²) in [5.41, 5.74) is 7.60. The molecule has 0 bridgehead atoms. The summed E-state index contributed by atoms with van der Waals surface area (Å²) >= 11 is 3.67. The molecule has 0 aromatic heterocycles. The third-order valence-electron chi connectivity index (χ3n) is 11.2. The fourth-order valence-corrected chi connectivity index (χ4v) is 10.4. The number of anilines is 2. The highest BCUT2D eigenvalue weighted by atomic mass is 32.2. The van der Waals surface area contributed by atoms with Gasteiger partial charge in [-0.15, -0.1) is 23.5 Å². The van der Waals surface area contributed by atoms with Crippen molar-refractivity contribution in [3.05, 3.63) is 186 Å². The van der Waals surface area contributed by atoms with E-state index in [0.717, 1.165) is 71.2 Å². The predicted molar refractivity (Wildman–Crippen MR) is 265 cm³/mol. The summed E-state index contributed by atoms with van der Waals surface area (Å²) < 4.78 is 47.7. The molecule has 0 radical (unpaired) electrons. The highest BCUT2D eigenvalue weighted by molar-refractivity contribution is 7.99. The van der Waals surface area contributed by atoms with Crippen LogP contribution in [0.5, 0.6) is 0 Å². The van der Waals surface area contributed by atoms with Gasteiger partial charge in [-0.25, -0.2) is 8.42 Å². The van der Waals surface area contributed by atoms with Gasteiger partial charge >= 0.3 is 0 Å². The van der Waals surface area contributed by atoms with E-state index in [1.807, 2.05) is 72.1 Å². The summed E-state index contributed by atoms with van der Waals surface area (Å²) in [6.45, 7) is 8.82. The van der Waals surface area contributed by atoms with Crippen molar-refractivity contribution in [3.63, 3.8) is 0 Å². The van der Waals surface area contributed by atoms with Crippen molar-refractivity contribution in [2.75, 3.05) is 55.7 Å². The maximum Gasteiger partial charge on any atom is 0.209 e. The van der Waals surface area contributed by atoms with Crippen LogP contribution < -0.4 is 25.5 Å². The van der Waals surface area contributed by atoms with Crippen LogP contribution >= 0.6 is 23.5 Å². The van der Waals surface area contributed by atoms with E-state index in [-0.39, 0.29) is 4.90 Å². The minimum absolute atomic E-state index is 0.270. The molecule has 0 atom stereocenters. The van der Waals surface area contributed by atoms with Crippen LogP contribution in [-0.2, 0) is 10.1 Å². The maximum atomic E-state index is 12.8. The summed E-state index contributed by atoms with van der Waals surface area (Å²) in [4.78, 5) is 4.53. The number of rotatable bonds is 19. The molecule has 6 aromatic carbocycles. The Labute approximate surface area is 385 Å². The number of nitrogens with zero attached hydrogens (tertiary/aromatic N) is 2. The molecule has 6 aromatic rings. The second-order valence-electron chi connectivity index (χ2n) is 15.5. The molecule has 1 aliphatic carbocycles. The van der Waals surface area contributed by atoms with E-state index >= 15 is 0 Å². The van der Waals surface area contributed by atoms with Crippen LogP contribution in [0.25, 0.3) is 33.4 Å². The van der Waals surface area contributed by atoms with Gasteiger partial charge in [0.05, 0.1) is 17.5 Å². The second kappa shape index (κ2) is 21.3. The van der Waals surface area contributed by atoms with Crippen LogP contribution in [0.3, 0.4) is 0 Å². The fraction of sp³-hybridized carbons (Fsp3) is 0.189. The number of hydrogen-bond acceptors (Lipinski definition) is 9. The summed E-state index contributed by atoms with van der Waals surface area (Å²) in [6.07, 6.45) is 0. The number of thioether (sulfide) groups is 2. The molecule has 11 heteroatoms. The van der Waals surface area contributed by atoms with Crippen molar-refractivity contribution in [2.24, 2.45) is 0 Å². The van der Waals surface area contributed by atoms with Crippen LogP contribution in [0.15, 0.2) is 189 Å². The minimum Gasteiger partial charge on any atom is -0.744 e. The Morgan fingerprint density at radius 3 is 1.94 bits per heavy atom. The largest absolute Gasteiger partial charge is 0.744 e. The van der Waals surface area contributed by atoms with Crippen molar-refractivity contribution < 1.29 is 17.4 Å². The predicted octanol–water partition coefficient (Wildman–Crippen LogP) is 10.7. The van der Waals surface area contributed by atoms with Crippen LogP contribution in [0.4, 0.5) is 17.1 Å². The number of fused-ring (bicyclic) bond motifs is 2. The molecule has 8 nitrogen and oxygen atoms in total. The number of aryl methyl sites for hydroxylation is 2. The van der Waals surface area contributed by atoms with Gasteiger partial charge in [-0.05, 0) is 74.0 Å². The number of hydrogen-bond donors (Lipinski definition) is 2. The third-order valence-corrected chi connectivity index (χ3v) is 14.1. The first-order valence-corrected chi connectivity index (χ1v) is 24.9. The zero-order chi connectivity index (χ0) is 44.3. The molecule has 0 saturated heterocycles. The van der Waals surface area contributed by atoms with Gasteiger partial charge in [0, 0.05) is 105 Å². The van der Waals surface area contributed by atoms with E-state index in [4.69, 9.17) is 4.42 Å². The van der Waals surface area contributed by atoms with Gasteiger partial charge in [0.15, 0.2) is 6.54 Å². The Morgan fingerprint density at radius 2 is 1.25 bits per heavy atom. The minimum atomic E-state index is -4.82. The van der Waals surface area contributed by atoms with Crippen molar-refractivity contribution in [3.8, 4) is 22.5 Å². The van der Waals surface area contributed by atoms with Gasteiger partial charge in [-0.2, -0.15) is 4.58 Å². The van der Waals surface area contributed by atoms with Crippen LogP contribution in [0.1, 0.15) is 11.1 Å². The Kier molecular flexibility index (Phi) is 15.0. The first-order valence-electron chi connectivity index (χ1n) is 21.6. The molecule has 0 saturated carbocycles. The van der Waals surface area contributed by atoms with Gasteiger partial charge in [0.2, 0.25) is 11.0 Å². The summed E-state index contributed by atoms with van der Waals surface area (Å²) in [7, 11) is -4.82. The maximum absolute atomic E-state index is 12.8. The van der Waals surface area contributed by atoms with Gasteiger partial charge in [0.25, 0.3) is 0 Å². The molecular weight excluding hydrogens is 853 g/mol. The molecule has 0 spiro atoms. The van der Waals surface area contributed by atoms with E-state index in [2.05, 4.69) is 131 Å². The monoisotopic (exact) mass is 904 g/mol. The molecule has 2 N–H and O–H groups in total. The highest BCUT2D eigenvalue weighted by Crippen LogP contribution is 2.43. The number of benzene rings is 7. The van der Waals surface area contributed by atoms with E-state index < -0.39 is 10.1 Å². The zero-order valence-corrected chi connectivity index (χ0v) is 38.5. The lowest BCUT2D eigenvalue weighted by Gasteiger charge is -2.27. The van der Waals surface area contributed by atoms with E-state index in [1.54, 1.807) is 18.2 Å². The number of nitrogens with one attached hydrogen (secondary N) is 2. The molecule has 326 valence electrons. The molecule has 1 aliphatic heterocycles. The van der Waals surface area contributed by atoms with Gasteiger partial charge in [-0.1, -0.05) is 91.0 Å². The highest BCUT2D eigenvalue weighted by Gasteiger charge is 2.24. The first kappa shape index (κ1) is 44.9. The van der Waals surface area contributed by atoms with Crippen LogP contribution in [-0.4, -0.2) is 63.7 Å². The van der Waals surface area contributed by atoms with Crippen molar-refractivity contribution >= 4 is 61.7 Å². The molecule has 64 heavy (non-hydrogen) atoms. The molecule has 0 fully saturated rings. The summed E-state index contributed by atoms with van der Waals surface area (Å²) in [6, 6.07) is 56.2. The second-order valence-corrected chi connectivity index (χ2v) is 19.2. The van der Waals surface area contributed by atoms with Crippen molar-refractivity contribution in [1.82, 2.24) is 15.2 Å². The van der Waals surface area contributed by atoms with Crippen molar-refractivity contribution in [1.29, 1.82) is 0 Å². The SMILES string of the molecule is Cc1ccccc1N(CCNCCSc1ccccc1)c1ccc2c(-c3ccccc3S(=O)(=O)[O-])c3ccc(=[N+](CCNCCSc4ccccc4)c4ccccc4C)cc-3oc2c1. The molecular formula is C53H52N4O4S3. The normalized spacial score (nSPS) is 12.2.